The van der Waals surface area contributed by atoms with Gasteiger partial charge in [-0.15, -0.1) is 12.4 Å². The summed E-state index contributed by atoms with van der Waals surface area (Å²) in [4.78, 5) is 14.0. The number of carbonyl (C=O) groups excluding carboxylic acids is 1. The van der Waals surface area contributed by atoms with E-state index in [2.05, 4.69) is 20.7 Å². The zero-order valence-corrected chi connectivity index (χ0v) is 15.8. The van der Waals surface area contributed by atoms with Gasteiger partial charge < -0.3 is 10.6 Å². The van der Waals surface area contributed by atoms with Gasteiger partial charge in [-0.3, -0.25) is 4.79 Å². The van der Waals surface area contributed by atoms with Crippen LogP contribution >= 0.6 is 28.3 Å². The number of benzene rings is 1. The number of sulfonamides is 1. The predicted octanol–water partition coefficient (Wildman–Crippen LogP) is 1.35. The first-order chi connectivity index (χ1) is 10.4. The van der Waals surface area contributed by atoms with Crippen LogP contribution in [0.3, 0.4) is 0 Å². The van der Waals surface area contributed by atoms with Crippen molar-refractivity contribution in [2.45, 2.75) is 17.7 Å². The van der Waals surface area contributed by atoms with Gasteiger partial charge in [0.1, 0.15) is 0 Å². The highest BCUT2D eigenvalue weighted by Crippen LogP contribution is 2.16. The van der Waals surface area contributed by atoms with E-state index in [9.17, 15) is 13.2 Å². The fourth-order valence-corrected chi connectivity index (χ4v) is 3.70. The molecule has 1 fully saturated rings. The van der Waals surface area contributed by atoms with Crippen molar-refractivity contribution >= 4 is 44.3 Å². The average Bonchev–Trinajstić information content (AvgIpc) is 2.96. The van der Waals surface area contributed by atoms with Gasteiger partial charge in [-0.2, -0.15) is 0 Å². The summed E-state index contributed by atoms with van der Waals surface area (Å²) in [5.74, 6) is 0.331. The molecule has 0 aliphatic carbocycles. The lowest BCUT2D eigenvalue weighted by Crippen LogP contribution is -2.33. The van der Waals surface area contributed by atoms with Gasteiger partial charge in [0.15, 0.2) is 0 Å². The molecule has 1 aliphatic heterocycles. The summed E-state index contributed by atoms with van der Waals surface area (Å²) in [6.45, 7) is 2.07. The SMILES string of the molecule is Cl.NCC1CCN(C(=O)CCNS(=O)(=O)c2ccc(Br)cc2)C1. The van der Waals surface area contributed by atoms with Crippen LogP contribution in [0.2, 0.25) is 0 Å². The van der Waals surface area contributed by atoms with E-state index in [1.54, 1.807) is 17.0 Å². The van der Waals surface area contributed by atoms with Gasteiger partial charge in [-0.05, 0) is 43.1 Å². The van der Waals surface area contributed by atoms with Crippen molar-refractivity contribution in [3.63, 3.8) is 0 Å². The zero-order chi connectivity index (χ0) is 16.2. The Labute approximate surface area is 151 Å². The lowest BCUT2D eigenvalue weighted by atomic mass is 10.1. The fraction of sp³-hybridized carbons (Fsp3) is 0.500. The zero-order valence-electron chi connectivity index (χ0n) is 12.6. The summed E-state index contributed by atoms with van der Waals surface area (Å²) in [5.41, 5.74) is 5.60. The first-order valence-corrected chi connectivity index (χ1v) is 9.43. The number of hydrogen-bond donors (Lipinski definition) is 2. The Bertz CT molecular complexity index is 625. The molecule has 0 aromatic heterocycles. The minimum absolute atomic E-state index is 0. The second-order valence-corrected chi connectivity index (χ2v) is 8.01. The molecule has 23 heavy (non-hydrogen) atoms. The third-order valence-electron chi connectivity index (χ3n) is 3.73. The van der Waals surface area contributed by atoms with E-state index in [0.717, 1.165) is 10.9 Å². The number of nitrogens with one attached hydrogen (secondary N) is 1. The normalized spacial score (nSPS) is 17.8. The molecule has 1 aromatic rings. The summed E-state index contributed by atoms with van der Waals surface area (Å²) in [7, 11) is -3.57. The maximum absolute atomic E-state index is 12.1. The number of nitrogens with zero attached hydrogens (tertiary/aromatic N) is 1. The van der Waals surface area contributed by atoms with Gasteiger partial charge in [-0.1, -0.05) is 15.9 Å². The first kappa shape index (κ1) is 20.4. The quantitative estimate of drug-likeness (QED) is 0.718. The highest BCUT2D eigenvalue weighted by Gasteiger charge is 2.25. The number of carbonyl (C=O) groups is 1. The predicted molar refractivity (Wildman–Crippen MR) is 94.9 cm³/mol. The van der Waals surface area contributed by atoms with Gasteiger partial charge in [0, 0.05) is 30.5 Å². The Morgan fingerprint density at radius 2 is 2.00 bits per heavy atom. The van der Waals surface area contributed by atoms with E-state index >= 15 is 0 Å². The van der Waals surface area contributed by atoms with E-state index < -0.39 is 10.0 Å². The summed E-state index contributed by atoms with van der Waals surface area (Å²) in [6.07, 6.45) is 1.08. The number of hydrogen-bond acceptors (Lipinski definition) is 4. The van der Waals surface area contributed by atoms with Crippen molar-refractivity contribution in [1.82, 2.24) is 9.62 Å². The van der Waals surface area contributed by atoms with Crippen LogP contribution in [0.5, 0.6) is 0 Å². The molecule has 1 aliphatic rings. The Hall–Kier alpha value is -0.670. The maximum atomic E-state index is 12.1. The molecule has 130 valence electrons. The summed E-state index contributed by atoms with van der Waals surface area (Å²) in [5, 5.41) is 0. The first-order valence-electron chi connectivity index (χ1n) is 7.15. The van der Waals surface area contributed by atoms with Gasteiger partial charge in [0.2, 0.25) is 15.9 Å². The van der Waals surface area contributed by atoms with Crippen LogP contribution < -0.4 is 10.5 Å². The minimum atomic E-state index is -3.57. The highest BCUT2D eigenvalue weighted by atomic mass is 79.9. The molecule has 1 aromatic carbocycles. The van der Waals surface area contributed by atoms with Crippen LogP contribution in [0.4, 0.5) is 0 Å². The molecule has 0 saturated carbocycles. The Morgan fingerprint density at radius 3 is 2.57 bits per heavy atom. The van der Waals surface area contributed by atoms with Crippen molar-refractivity contribution < 1.29 is 13.2 Å². The number of amides is 1. The molecule has 1 unspecified atom stereocenters. The Morgan fingerprint density at radius 1 is 1.35 bits per heavy atom. The molecule has 3 N–H and O–H groups in total. The molecule has 9 heteroatoms. The van der Waals surface area contributed by atoms with Crippen LogP contribution in [0, 0.1) is 5.92 Å². The van der Waals surface area contributed by atoms with E-state index in [1.807, 2.05) is 0 Å². The van der Waals surface area contributed by atoms with Crippen LogP contribution in [0.15, 0.2) is 33.6 Å². The van der Waals surface area contributed by atoms with Gasteiger partial charge >= 0.3 is 0 Å². The third-order valence-corrected chi connectivity index (χ3v) is 5.73. The number of rotatable bonds is 6. The highest BCUT2D eigenvalue weighted by molar-refractivity contribution is 9.10. The molecular weight excluding hydrogens is 406 g/mol. The molecule has 0 radical (unpaired) electrons. The second kappa shape index (κ2) is 8.98. The molecule has 0 bridgehead atoms. The summed E-state index contributed by atoms with van der Waals surface area (Å²) in [6, 6.07) is 6.36. The van der Waals surface area contributed by atoms with Crippen molar-refractivity contribution in [3.05, 3.63) is 28.7 Å². The van der Waals surface area contributed by atoms with E-state index in [-0.39, 0.29) is 36.2 Å². The van der Waals surface area contributed by atoms with Crippen LogP contribution in [-0.2, 0) is 14.8 Å². The Balaban J connectivity index is 0.00000264. The van der Waals surface area contributed by atoms with E-state index in [0.29, 0.717) is 25.6 Å². The van der Waals surface area contributed by atoms with Crippen LogP contribution in [0.1, 0.15) is 12.8 Å². The van der Waals surface area contributed by atoms with Crippen molar-refractivity contribution in [2.24, 2.45) is 11.7 Å². The van der Waals surface area contributed by atoms with Crippen LogP contribution in [0.25, 0.3) is 0 Å². The Kier molecular flexibility index (Phi) is 7.96. The third kappa shape index (κ3) is 5.72. The summed E-state index contributed by atoms with van der Waals surface area (Å²) >= 11 is 3.26. The van der Waals surface area contributed by atoms with E-state index in [4.69, 9.17) is 5.73 Å². The van der Waals surface area contributed by atoms with Crippen molar-refractivity contribution in [3.8, 4) is 0 Å². The largest absolute Gasteiger partial charge is 0.342 e. The molecule has 1 amide bonds. The number of likely N-dealkylation sites (tertiary alicyclic amines) is 1. The molecule has 1 atom stereocenters. The second-order valence-electron chi connectivity index (χ2n) is 5.33. The van der Waals surface area contributed by atoms with Gasteiger partial charge in [0.05, 0.1) is 4.90 Å². The molecular formula is C14H21BrClN3O3S. The number of nitrogens with two attached hydrogens (primary N) is 1. The topological polar surface area (TPSA) is 92.5 Å². The van der Waals surface area contributed by atoms with Crippen molar-refractivity contribution in [1.29, 1.82) is 0 Å². The van der Waals surface area contributed by atoms with Gasteiger partial charge in [-0.25, -0.2) is 13.1 Å². The summed E-state index contributed by atoms with van der Waals surface area (Å²) < 4.78 is 27.4. The minimum Gasteiger partial charge on any atom is -0.342 e. The van der Waals surface area contributed by atoms with E-state index in [1.165, 1.54) is 12.1 Å². The standard InChI is InChI=1S/C14H20BrN3O3S.ClH/c15-12-1-3-13(4-2-12)22(20,21)17-7-5-14(19)18-8-6-11(9-16)10-18;/h1-4,11,17H,5-10,16H2;1H. The monoisotopic (exact) mass is 425 g/mol. The molecule has 2 rings (SSSR count). The lowest BCUT2D eigenvalue weighted by Gasteiger charge is -2.16. The molecule has 1 saturated heterocycles. The fourth-order valence-electron chi connectivity index (χ4n) is 2.40. The lowest BCUT2D eigenvalue weighted by molar-refractivity contribution is -0.130. The molecule has 6 nitrogen and oxygen atoms in total. The van der Waals surface area contributed by atoms with Gasteiger partial charge in [0.25, 0.3) is 0 Å². The number of halogens is 2. The smallest absolute Gasteiger partial charge is 0.240 e. The van der Waals surface area contributed by atoms with Crippen LogP contribution in [-0.4, -0.2) is 45.4 Å². The molecule has 1 heterocycles. The molecule has 0 spiro atoms. The average molecular weight is 427 g/mol. The van der Waals surface area contributed by atoms with Crippen molar-refractivity contribution in [2.75, 3.05) is 26.2 Å². The maximum Gasteiger partial charge on any atom is 0.240 e.